The van der Waals surface area contributed by atoms with Crippen molar-refractivity contribution in [3.05, 3.63) is 37.0 Å². The van der Waals surface area contributed by atoms with Gasteiger partial charge in [-0.1, -0.05) is 76.5 Å². The standard InChI is InChI=1S/C12H22.C5H8.C4H8/c1-9-6-7-12-10(2)4-3-5-11(12)8-9;1-3-5-4-2;1-3-4-2/h9-12H,3-8H2,1-2H3;3-5H,1H2,2H3;3-4H,1-2H3/b;5-4+;4-3+/t9?,10-,11+,12+;;/m0../s1. The molecule has 2 rings (SSSR count). The van der Waals surface area contributed by atoms with Crippen LogP contribution in [0.25, 0.3) is 0 Å². The highest BCUT2D eigenvalue weighted by Crippen LogP contribution is 2.45. The van der Waals surface area contributed by atoms with Crippen molar-refractivity contribution in [1.29, 1.82) is 0 Å². The lowest BCUT2D eigenvalue weighted by Crippen LogP contribution is -2.31. The molecule has 0 aromatic rings. The van der Waals surface area contributed by atoms with Crippen LogP contribution in [0.5, 0.6) is 0 Å². The Hall–Kier alpha value is -0.780. The Morgan fingerprint density at radius 2 is 1.52 bits per heavy atom. The first-order chi connectivity index (χ1) is 10.1. The summed E-state index contributed by atoms with van der Waals surface area (Å²) in [6, 6.07) is 0. The van der Waals surface area contributed by atoms with Crippen molar-refractivity contribution in [1.82, 2.24) is 0 Å². The molecule has 0 heterocycles. The molecule has 0 heteroatoms. The van der Waals surface area contributed by atoms with E-state index in [2.05, 4.69) is 20.4 Å². The second kappa shape index (κ2) is 12.9. The van der Waals surface area contributed by atoms with Crippen molar-refractivity contribution in [3.8, 4) is 0 Å². The molecule has 0 spiro atoms. The van der Waals surface area contributed by atoms with Gasteiger partial charge in [0.2, 0.25) is 0 Å². The summed E-state index contributed by atoms with van der Waals surface area (Å²) in [6.45, 7) is 14.3. The molecular formula is C21H38. The molecule has 4 atom stereocenters. The van der Waals surface area contributed by atoms with Crippen molar-refractivity contribution < 1.29 is 0 Å². The largest absolute Gasteiger partial charge is 0.0991 e. The summed E-state index contributed by atoms with van der Waals surface area (Å²) in [5.74, 6) is 4.28. The molecule has 0 aromatic carbocycles. The molecule has 21 heavy (non-hydrogen) atoms. The maximum Gasteiger partial charge on any atom is -0.0360 e. The van der Waals surface area contributed by atoms with Gasteiger partial charge in [0.15, 0.2) is 0 Å². The van der Waals surface area contributed by atoms with Gasteiger partial charge in [0, 0.05) is 0 Å². The highest BCUT2D eigenvalue weighted by Gasteiger charge is 2.34. The molecule has 0 nitrogen and oxygen atoms in total. The van der Waals surface area contributed by atoms with Crippen molar-refractivity contribution in [3.63, 3.8) is 0 Å². The minimum atomic E-state index is 1.02. The lowest BCUT2D eigenvalue weighted by Gasteiger charge is -2.42. The molecule has 2 saturated carbocycles. The second-order valence-electron chi connectivity index (χ2n) is 6.68. The maximum atomic E-state index is 3.46. The molecule has 0 amide bonds. The molecule has 1 unspecified atom stereocenters. The van der Waals surface area contributed by atoms with Crippen LogP contribution < -0.4 is 0 Å². The number of hydrogen-bond acceptors (Lipinski definition) is 0. The van der Waals surface area contributed by atoms with Crippen LogP contribution in [0.4, 0.5) is 0 Å². The Morgan fingerprint density at radius 3 is 2.00 bits per heavy atom. The van der Waals surface area contributed by atoms with Gasteiger partial charge >= 0.3 is 0 Å². The summed E-state index contributed by atoms with van der Waals surface area (Å²) in [6.07, 6.45) is 18.7. The van der Waals surface area contributed by atoms with Crippen LogP contribution in [0.1, 0.15) is 73.1 Å². The van der Waals surface area contributed by atoms with Crippen LogP contribution in [-0.4, -0.2) is 0 Å². The molecule has 0 N–H and O–H groups in total. The van der Waals surface area contributed by atoms with Crippen molar-refractivity contribution in [2.24, 2.45) is 23.7 Å². The molecule has 0 radical (unpaired) electrons. The van der Waals surface area contributed by atoms with Crippen LogP contribution in [0.2, 0.25) is 0 Å². The summed E-state index contributed by atoms with van der Waals surface area (Å²) in [5.41, 5.74) is 0. The van der Waals surface area contributed by atoms with Crippen LogP contribution in [-0.2, 0) is 0 Å². The molecule has 122 valence electrons. The fourth-order valence-electron chi connectivity index (χ4n) is 3.66. The topological polar surface area (TPSA) is 0 Å². The van der Waals surface area contributed by atoms with Gasteiger partial charge in [0.1, 0.15) is 0 Å². The zero-order valence-corrected chi connectivity index (χ0v) is 15.1. The van der Waals surface area contributed by atoms with E-state index in [0.717, 1.165) is 23.7 Å². The van der Waals surface area contributed by atoms with Crippen LogP contribution in [0.15, 0.2) is 37.0 Å². The SMILES string of the molecule is C/C=C/C.C=C/C=C/C.CC1CC[C@H]2[C@H](CCC[C@@H]2C)C1. The van der Waals surface area contributed by atoms with Gasteiger partial charge in [-0.25, -0.2) is 0 Å². The van der Waals surface area contributed by atoms with Gasteiger partial charge < -0.3 is 0 Å². The van der Waals surface area contributed by atoms with Gasteiger partial charge in [-0.15, -0.1) is 0 Å². The summed E-state index contributed by atoms with van der Waals surface area (Å²) >= 11 is 0. The second-order valence-corrected chi connectivity index (χ2v) is 6.68. The summed E-state index contributed by atoms with van der Waals surface area (Å²) < 4.78 is 0. The zero-order valence-electron chi connectivity index (χ0n) is 15.1. The van der Waals surface area contributed by atoms with Gasteiger partial charge in [-0.3, -0.25) is 0 Å². The van der Waals surface area contributed by atoms with E-state index in [-0.39, 0.29) is 0 Å². The third-order valence-corrected chi connectivity index (χ3v) is 4.93. The summed E-state index contributed by atoms with van der Waals surface area (Å²) in [4.78, 5) is 0. The molecule has 0 bridgehead atoms. The van der Waals surface area contributed by atoms with E-state index in [1.807, 2.05) is 45.1 Å². The van der Waals surface area contributed by atoms with Crippen LogP contribution >= 0.6 is 0 Å². The Morgan fingerprint density at radius 1 is 0.857 bits per heavy atom. The van der Waals surface area contributed by atoms with Crippen LogP contribution in [0.3, 0.4) is 0 Å². The summed E-state index contributed by atoms with van der Waals surface area (Å²) in [5, 5.41) is 0. The van der Waals surface area contributed by atoms with Crippen molar-refractivity contribution in [2.45, 2.75) is 73.1 Å². The first-order valence-electron chi connectivity index (χ1n) is 8.91. The van der Waals surface area contributed by atoms with E-state index in [1.165, 1.54) is 32.1 Å². The molecular weight excluding hydrogens is 252 g/mol. The fourth-order valence-corrected chi connectivity index (χ4v) is 3.66. The smallest absolute Gasteiger partial charge is 0.0360 e. The number of hydrogen-bond donors (Lipinski definition) is 0. The van der Waals surface area contributed by atoms with Crippen molar-refractivity contribution >= 4 is 0 Å². The van der Waals surface area contributed by atoms with Gasteiger partial charge in [-0.2, -0.15) is 0 Å². The Bertz CT molecular complexity index is 293. The highest BCUT2D eigenvalue weighted by molar-refractivity contribution is 4.94. The van der Waals surface area contributed by atoms with E-state index in [4.69, 9.17) is 0 Å². The average molecular weight is 291 g/mol. The van der Waals surface area contributed by atoms with Gasteiger partial charge in [-0.05, 0) is 57.3 Å². The van der Waals surface area contributed by atoms with Gasteiger partial charge in [0.25, 0.3) is 0 Å². The fraction of sp³-hybridized carbons (Fsp3) is 0.714. The van der Waals surface area contributed by atoms with E-state index in [1.54, 1.807) is 12.5 Å². The molecule has 0 aromatic heterocycles. The lowest BCUT2D eigenvalue weighted by molar-refractivity contribution is 0.0892. The Balaban J connectivity index is 0.000000374. The third-order valence-electron chi connectivity index (χ3n) is 4.93. The average Bonchev–Trinajstić information content (AvgIpc) is 2.49. The molecule has 0 saturated heterocycles. The third kappa shape index (κ3) is 8.96. The van der Waals surface area contributed by atoms with E-state index < -0.39 is 0 Å². The minimum Gasteiger partial charge on any atom is -0.0991 e. The number of allylic oxidation sites excluding steroid dienone is 5. The van der Waals surface area contributed by atoms with E-state index in [9.17, 15) is 0 Å². The molecule has 2 aliphatic rings. The predicted molar refractivity (Wildman–Crippen MR) is 98.5 cm³/mol. The number of fused-ring (bicyclic) bond motifs is 1. The lowest BCUT2D eigenvalue weighted by atomic mass is 9.64. The maximum absolute atomic E-state index is 3.46. The predicted octanol–water partition coefficient (Wildman–Crippen LogP) is 7.19. The molecule has 2 aliphatic carbocycles. The summed E-state index contributed by atoms with van der Waals surface area (Å²) in [7, 11) is 0. The zero-order chi connectivity index (χ0) is 16.1. The number of rotatable bonds is 1. The quantitative estimate of drug-likeness (QED) is 0.354. The Kier molecular flexibility index (Phi) is 12.4. The molecule has 0 aliphatic heterocycles. The molecule has 2 fully saturated rings. The van der Waals surface area contributed by atoms with Gasteiger partial charge in [0.05, 0.1) is 0 Å². The van der Waals surface area contributed by atoms with E-state index in [0.29, 0.717) is 0 Å². The monoisotopic (exact) mass is 290 g/mol. The van der Waals surface area contributed by atoms with E-state index >= 15 is 0 Å². The normalized spacial score (nSPS) is 31.7. The first-order valence-corrected chi connectivity index (χ1v) is 8.91. The van der Waals surface area contributed by atoms with Crippen LogP contribution in [0, 0.1) is 23.7 Å². The first kappa shape index (κ1) is 20.2. The van der Waals surface area contributed by atoms with Crippen molar-refractivity contribution in [2.75, 3.05) is 0 Å². The Labute approximate surface area is 134 Å². The highest BCUT2D eigenvalue weighted by atomic mass is 14.4. The minimum absolute atomic E-state index is 1.02.